The number of hydrogen-bond acceptors (Lipinski definition) is 4. The number of methoxy groups -OCH3 is 1. The first-order chi connectivity index (χ1) is 12.4. The highest BCUT2D eigenvalue weighted by Crippen LogP contribution is 2.18. The zero-order chi connectivity index (χ0) is 18.7. The average molecular weight is 372 g/mol. The van der Waals surface area contributed by atoms with E-state index in [2.05, 4.69) is 9.71 Å². The van der Waals surface area contributed by atoms with Crippen LogP contribution in [0.5, 0.6) is 5.75 Å². The van der Waals surface area contributed by atoms with Crippen LogP contribution in [0.4, 0.5) is 0 Å². The van der Waals surface area contributed by atoms with Gasteiger partial charge in [-0.1, -0.05) is 12.1 Å². The molecule has 26 heavy (non-hydrogen) atoms. The lowest BCUT2D eigenvalue weighted by Crippen LogP contribution is -2.27. The molecule has 3 rings (SSSR count). The van der Waals surface area contributed by atoms with Crippen molar-refractivity contribution in [3.63, 3.8) is 0 Å². The quantitative estimate of drug-likeness (QED) is 0.695. The van der Waals surface area contributed by atoms with Gasteiger partial charge in [-0.25, -0.2) is 13.1 Å². The van der Waals surface area contributed by atoms with E-state index in [1.54, 1.807) is 37.4 Å². The summed E-state index contributed by atoms with van der Waals surface area (Å²) in [6.07, 6.45) is 0.294. The molecule has 0 atom stereocenters. The molecule has 0 spiro atoms. The largest absolute Gasteiger partial charge is 0.497 e. The van der Waals surface area contributed by atoms with Crippen molar-refractivity contribution in [2.75, 3.05) is 13.7 Å². The Hall–Kier alpha value is -2.64. The van der Waals surface area contributed by atoms with Crippen molar-refractivity contribution in [3.8, 4) is 5.75 Å². The maximum atomic E-state index is 12.3. The van der Waals surface area contributed by atoms with Crippen LogP contribution in [0.15, 0.2) is 58.2 Å². The van der Waals surface area contributed by atoms with Crippen LogP contribution in [0.25, 0.3) is 10.9 Å². The van der Waals surface area contributed by atoms with Gasteiger partial charge < -0.3 is 9.72 Å². The first-order valence-electron chi connectivity index (χ1n) is 8.15. The number of aromatic amines is 1. The number of fused-ring (bicyclic) bond motifs is 1. The van der Waals surface area contributed by atoms with Gasteiger partial charge in [0.05, 0.1) is 17.5 Å². The second-order valence-electron chi connectivity index (χ2n) is 6.04. The van der Waals surface area contributed by atoms with Gasteiger partial charge >= 0.3 is 0 Å². The molecule has 1 aromatic heterocycles. The lowest BCUT2D eigenvalue weighted by Gasteiger charge is -2.08. The van der Waals surface area contributed by atoms with Crippen molar-refractivity contribution >= 4 is 20.9 Å². The molecule has 0 saturated heterocycles. The number of aryl methyl sites for hydroxylation is 1. The molecular weight excluding hydrogens is 352 g/mol. The molecule has 2 N–H and O–H groups in total. The number of aromatic nitrogens is 1. The van der Waals surface area contributed by atoms with Gasteiger partial charge in [-0.2, -0.15) is 0 Å². The Morgan fingerprint density at radius 1 is 1.12 bits per heavy atom. The Morgan fingerprint density at radius 3 is 2.65 bits per heavy atom. The van der Waals surface area contributed by atoms with Crippen LogP contribution in [0.2, 0.25) is 0 Å². The van der Waals surface area contributed by atoms with Crippen molar-refractivity contribution in [1.29, 1.82) is 0 Å². The average Bonchev–Trinajstić information content (AvgIpc) is 2.61. The summed E-state index contributed by atoms with van der Waals surface area (Å²) < 4.78 is 32.4. The summed E-state index contributed by atoms with van der Waals surface area (Å²) in [5.74, 6) is 0.659. The normalized spacial score (nSPS) is 11.6. The third-order valence-corrected chi connectivity index (χ3v) is 5.58. The monoisotopic (exact) mass is 372 g/mol. The van der Waals surface area contributed by atoms with Gasteiger partial charge in [0, 0.05) is 18.2 Å². The van der Waals surface area contributed by atoms with Gasteiger partial charge in [0.1, 0.15) is 5.75 Å². The van der Waals surface area contributed by atoms with Gasteiger partial charge in [0.25, 0.3) is 5.56 Å². The SMILES string of the molecule is COc1ccc2cc(CCNS(=O)(=O)c3cccc(C)c3)c(=O)[nH]c2c1. The van der Waals surface area contributed by atoms with Crippen molar-refractivity contribution in [3.05, 3.63) is 70.0 Å². The van der Waals surface area contributed by atoms with Gasteiger partial charge in [-0.05, 0) is 54.6 Å². The topological polar surface area (TPSA) is 88.3 Å². The van der Waals surface area contributed by atoms with Crippen molar-refractivity contribution < 1.29 is 13.2 Å². The summed E-state index contributed by atoms with van der Waals surface area (Å²) in [6, 6.07) is 13.9. The third kappa shape index (κ3) is 3.95. The highest BCUT2D eigenvalue weighted by atomic mass is 32.2. The minimum Gasteiger partial charge on any atom is -0.497 e. The standard InChI is InChI=1S/C19H20N2O4S/c1-13-4-3-5-17(10-13)26(23,24)20-9-8-15-11-14-6-7-16(25-2)12-18(14)21-19(15)22/h3-7,10-12,20H,8-9H2,1-2H3,(H,21,22). The van der Waals surface area contributed by atoms with Gasteiger partial charge in [0.2, 0.25) is 10.0 Å². The number of sulfonamides is 1. The number of ether oxygens (including phenoxy) is 1. The molecule has 0 saturated carbocycles. The van der Waals surface area contributed by atoms with Gasteiger partial charge in [0.15, 0.2) is 0 Å². The van der Waals surface area contributed by atoms with E-state index >= 15 is 0 Å². The molecule has 0 aliphatic carbocycles. The first-order valence-corrected chi connectivity index (χ1v) is 9.64. The van der Waals surface area contributed by atoms with Crippen molar-refractivity contribution in [2.24, 2.45) is 0 Å². The Labute approximate surface area is 151 Å². The molecule has 0 unspecified atom stereocenters. The zero-order valence-corrected chi connectivity index (χ0v) is 15.4. The van der Waals surface area contributed by atoms with Crippen LogP contribution in [-0.2, 0) is 16.4 Å². The summed E-state index contributed by atoms with van der Waals surface area (Å²) in [5, 5.41) is 0.863. The Kier molecular flexibility index (Phi) is 5.11. The second kappa shape index (κ2) is 7.31. The molecule has 0 amide bonds. The number of rotatable bonds is 6. The predicted octanol–water partition coefficient (Wildman–Crippen LogP) is 2.37. The lowest BCUT2D eigenvalue weighted by atomic mass is 10.1. The number of nitrogens with one attached hydrogen (secondary N) is 2. The second-order valence-corrected chi connectivity index (χ2v) is 7.81. The molecule has 0 fully saturated rings. The zero-order valence-electron chi connectivity index (χ0n) is 14.6. The highest BCUT2D eigenvalue weighted by Gasteiger charge is 2.14. The lowest BCUT2D eigenvalue weighted by molar-refractivity contribution is 0.415. The maximum Gasteiger partial charge on any atom is 0.251 e. The van der Waals surface area contributed by atoms with E-state index in [0.29, 0.717) is 23.3 Å². The molecule has 0 aliphatic rings. The van der Waals surface area contributed by atoms with Gasteiger partial charge in [-0.3, -0.25) is 4.79 Å². The molecule has 7 heteroatoms. The van der Waals surface area contributed by atoms with E-state index in [-0.39, 0.29) is 17.0 Å². The van der Waals surface area contributed by atoms with E-state index in [9.17, 15) is 13.2 Å². The van der Waals surface area contributed by atoms with Crippen LogP contribution in [-0.4, -0.2) is 27.1 Å². The van der Waals surface area contributed by atoms with E-state index < -0.39 is 10.0 Å². The summed E-state index contributed by atoms with van der Waals surface area (Å²) >= 11 is 0. The van der Waals surface area contributed by atoms with Crippen LogP contribution in [0.3, 0.4) is 0 Å². The van der Waals surface area contributed by atoms with E-state index in [0.717, 1.165) is 10.9 Å². The predicted molar refractivity (Wildman–Crippen MR) is 101 cm³/mol. The fraction of sp³-hybridized carbons (Fsp3) is 0.211. The van der Waals surface area contributed by atoms with Crippen molar-refractivity contribution in [1.82, 2.24) is 9.71 Å². The summed E-state index contributed by atoms with van der Waals surface area (Å²) in [5.41, 5.74) is 1.84. The maximum absolute atomic E-state index is 12.3. The molecule has 136 valence electrons. The van der Waals surface area contributed by atoms with Crippen LogP contribution in [0.1, 0.15) is 11.1 Å². The molecule has 0 bridgehead atoms. The Morgan fingerprint density at radius 2 is 1.92 bits per heavy atom. The minimum absolute atomic E-state index is 0.140. The number of H-pyrrole nitrogens is 1. The van der Waals surface area contributed by atoms with Crippen molar-refractivity contribution in [2.45, 2.75) is 18.2 Å². The molecule has 0 radical (unpaired) electrons. The third-order valence-electron chi connectivity index (χ3n) is 4.12. The highest BCUT2D eigenvalue weighted by molar-refractivity contribution is 7.89. The number of pyridine rings is 1. The van der Waals surface area contributed by atoms with E-state index in [1.807, 2.05) is 25.1 Å². The molecule has 6 nitrogen and oxygen atoms in total. The molecule has 3 aromatic rings. The molecular formula is C19H20N2O4S. The summed E-state index contributed by atoms with van der Waals surface area (Å²) in [4.78, 5) is 15.3. The number of hydrogen-bond donors (Lipinski definition) is 2. The molecule has 0 aliphatic heterocycles. The Bertz CT molecular complexity index is 1100. The fourth-order valence-electron chi connectivity index (χ4n) is 2.72. The molecule has 1 heterocycles. The van der Waals surface area contributed by atoms with E-state index in [1.165, 1.54) is 0 Å². The summed E-state index contributed by atoms with van der Waals surface area (Å²) in [6.45, 7) is 1.98. The van der Waals surface area contributed by atoms with Crippen LogP contribution >= 0.6 is 0 Å². The smallest absolute Gasteiger partial charge is 0.251 e. The summed E-state index contributed by atoms with van der Waals surface area (Å²) in [7, 11) is -2.03. The van der Waals surface area contributed by atoms with Gasteiger partial charge in [-0.15, -0.1) is 0 Å². The first kappa shape index (κ1) is 18.2. The van der Waals surface area contributed by atoms with Crippen LogP contribution in [0, 0.1) is 6.92 Å². The number of benzene rings is 2. The minimum atomic E-state index is -3.60. The van der Waals surface area contributed by atoms with Crippen LogP contribution < -0.4 is 15.0 Å². The Balaban J connectivity index is 1.75. The fourth-order valence-corrected chi connectivity index (χ4v) is 3.86. The van der Waals surface area contributed by atoms with E-state index in [4.69, 9.17) is 4.74 Å². The molecule has 2 aromatic carbocycles.